The molecule has 1 N–H and O–H groups in total. The molecule has 5 heteroatoms. The molecule has 114 valence electrons. The molecule has 0 aliphatic heterocycles. The standard InChI is InChI=1S/C17H19N3O2/c1-20(2)14-10-8-13(9-11-14)12-18-19-17(21)15-6-4-5-7-16(15)22-3/h4-12H,1-3H3,(H,19,21)/b18-12+. The topological polar surface area (TPSA) is 53.9 Å². The van der Waals surface area contributed by atoms with Crippen LogP contribution in [0.25, 0.3) is 0 Å². The Kier molecular flexibility index (Phi) is 5.14. The van der Waals surface area contributed by atoms with E-state index in [1.54, 1.807) is 24.4 Å². The SMILES string of the molecule is COc1ccccc1C(=O)N/N=C/c1ccc(N(C)C)cc1. The number of para-hydroxylation sites is 1. The maximum atomic E-state index is 12.0. The van der Waals surface area contributed by atoms with Crippen LogP contribution in [0.3, 0.4) is 0 Å². The molecular weight excluding hydrogens is 278 g/mol. The number of ether oxygens (including phenoxy) is 1. The fraction of sp³-hybridized carbons (Fsp3) is 0.176. The van der Waals surface area contributed by atoms with E-state index in [4.69, 9.17) is 4.74 Å². The van der Waals surface area contributed by atoms with Gasteiger partial charge in [0, 0.05) is 19.8 Å². The van der Waals surface area contributed by atoms with Crippen molar-refractivity contribution in [1.29, 1.82) is 0 Å². The zero-order chi connectivity index (χ0) is 15.9. The first-order valence-electron chi connectivity index (χ1n) is 6.85. The number of hydrazone groups is 1. The third-order valence-corrected chi connectivity index (χ3v) is 3.14. The Bertz CT molecular complexity index is 664. The minimum Gasteiger partial charge on any atom is -0.496 e. The van der Waals surface area contributed by atoms with Crippen molar-refractivity contribution in [3.8, 4) is 5.75 Å². The molecule has 0 heterocycles. The number of benzene rings is 2. The van der Waals surface area contributed by atoms with Crippen LogP contribution >= 0.6 is 0 Å². The molecule has 0 saturated heterocycles. The average molecular weight is 297 g/mol. The predicted octanol–water partition coefficient (Wildman–Crippen LogP) is 2.53. The van der Waals surface area contributed by atoms with Crippen LogP contribution in [0.1, 0.15) is 15.9 Å². The summed E-state index contributed by atoms with van der Waals surface area (Å²) >= 11 is 0. The monoisotopic (exact) mass is 297 g/mol. The molecule has 0 unspecified atom stereocenters. The molecule has 0 aliphatic rings. The molecule has 0 aliphatic carbocycles. The lowest BCUT2D eigenvalue weighted by molar-refractivity contribution is 0.0952. The van der Waals surface area contributed by atoms with Gasteiger partial charge in [0.15, 0.2) is 0 Å². The summed E-state index contributed by atoms with van der Waals surface area (Å²) in [6, 6.07) is 14.9. The number of rotatable bonds is 5. The van der Waals surface area contributed by atoms with Crippen LogP contribution in [0.4, 0.5) is 5.69 Å². The lowest BCUT2D eigenvalue weighted by Crippen LogP contribution is -2.18. The molecule has 0 fully saturated rings. The van der Waals surface area contributed by atoms with Gasteiger partial charge in [0.2, 0.25) is 0 Å². The number of methoxy groups -OCH3 is 1. The van der Waals surface area contributed by atoms with Crippen LogP contribution in [0.15, 0.2) is 53.6 Å². The summed E-state index contributed by atoms with van der Waals surface area (Å²) in [5.41, 5.74) is 4.96. The summed E-state index contributed by atoms with van der Waals surface area (Å²) in [6.45, 7) is 0. The molecule has 5 nitrogen and oxygen atoms in total. The zero-order valence-electron chi connectivity index (χ0n) is 12.9. The van der Waals surface area contributed by atoms with E-state index in [1.807, 2.05) is 49.3 Å². The molecule has 0 bridgehead atoms. The quantitative estimate of drug-likeness (QED) is 0.681. The third kappa shape index (κ3) is 3.85. The van der Waals surface area contributed by atoms with Gasteiger partial charge in [0.25, 0.3) is 5.91 Å². The summed E-state index contributed by atoms with van der Waals surface area (Å²) in [5, 5.41) is 3.97. The Balaban J connectivity index is 2.01. The first-order valence-corrected chi connectivity index (χ1v) is 6.85. The minimum absolute atomic E-state index is 0.307. The summed E-state index contributed by atoms with van der Waals surface area (Å²) < 4.78 is 5.15. The third-order valence-electron chi connectivity index (χ3n) is 3.14. The maximum Gasteiger partial charge on any atom is 0.275 e. The van der Waals surface area contributed by atoms with Crippen LogP contribution < -0.4 is 15.1 Å². The summed E-state index contributed by atoms with van der Waals surface area (Å²) in [7, 11) is 5.49. The van der Waals surface area contributed by atoms with Gasteiger partial charge in [-0.05, 0) is 29.8 Å². The molecule has 2 aromatic carbocycles. The normalized spacial score (nSPS) is 10.5. The van der Waals surface area contributed by atoms with Crippen molar-refractivity contribution >= 4 is 17.8 Å². The van der Waals surface area contributed by atoms with E-state index in [1.165, 1.54) is 7.11 Å². The van der Waals surface area contributed by atoms with Crippen molar-refractivity contribution in [3.05, 3.63) is 59.7 Å². The number of carbonyl (C=O) groups is 1. The number of amides is 1. The van der Waals surface area contributed by atoms with Gasteiger partial charge in [0.05, 0.1) is 18.9 Å². The number of anilines is 1. The molecule has 0 saturated carbocycles. The van der Waals surface area contributed by atoms with E-state index >= 15 is 0 Å². The van der Waals surface area contributed by atoms with Crippen molar-refractivity contribution < 1.29 is 9.53 Å². The van der Waals surface area contributed by atoms with Gasteiger partial charge in [-0.25, -0.2) is 5.43 Å². The Labute approximate surface area is 130 Å². The van der Waals surface area contributed by atoms with Gasteiger partial charge < -0.3 is 9.64 Å². The molecule has 2 aromatic rings. The van der Waals surface area contributed by atoms with Gasteiger partial charge in [-0.1, -0.05) is 24.3 Å². The summed E-state index contributed by atoms with van der Waals surface area (Å²) in [6.07, 6.45) is 1.60. The van der Waals surface area contributed by atoms with Gasteiger partial charge in [-0.2, -0.15) is 5.10 Å². The Hall–Kier alpha value is -2.82. The lowest BCUT2D eigenvalue weighted by atomic mass is 10.2. The molecule has 1 amide bonds. The molecule has 0 aromatic heterocycles. The van der Waals surface area contributed by atoms with E-state index in [-0.39, 0.29) is 5.91 Å². The van der Waals surface area contributed by atoms with Gasteiger partial charge in [-0.3, -0.25) is 4.79 Å². The largest absolute Gasteiger partial charge is 0.496 e. The second-order valence-corrected chi connectivity index (χ2v) is 4.89. The van der Waals surface area contributed by atoms with Crippen LogP contribution in [0, 0.1) is 0 Å². The molecule has 0 atom stereocenters. The minimum atomic E-state index is -0.307. The second kappa shape index (κ2) is 7.26. The number of carbonyl (C=O) groups excluding carboxylic acids is 1. The number of hydrogen-bond donors (Lipinski definition) is 1. The fourth-order valence-corrected chi connectivity index (χ4v) is 1.92. The van der Waals surface area contributed by atoms with Gasteiger partial charge >= 0.3 is 0 Å². The maximum absolute atomic E-state index is 12.0. The highest BCUT2D eigenvalue weighted by Crippen LogP contribution is 2.16. The van der Waals surface area contributed by atoms with E-state index in [0.717, 1.165) is 11.3 Å². The van der Waals surface area contributed by atoms with Gasteiger partial charge in [0.1, 0.15) is 5.75 Å². The molecule has 0 spiro atoms. The molecule has 22 heavy (non-hydrogen) atoms. The van der Waals surface area contributed by atoms with Gasteiger partial charge in [-0.15, -0.1) is 0 Å². The van der Waals surface area contributed by atoms with Crippen molar-refractivity contribution in [1.82, 2.24) is 5.43 Å². The van der Waals surface area contributed by atoms with E-state index < -0.39 is 0 Å². The van der Waals surface area contributed by atoms with Crippen LogP contribution in [-0.2, 0) is 0 Å². The van der Waals surface area contributed by atoms with Crippen molar-refractivity contribution in [2.45, 2.75) is 0 Å². The second-order valence-electron chi connectivity index (χ2n) is 4.89. The van der Waals surface area contributed by atoms with Crippen LogP contribution in [0.5, 0.6) is 5.75 Å². The van der Waals surface area contributed by atoms with E-state index in [2.05, 4.69) is 10.5 Å². The smallest absolute Gasteiger partial charge is 0.275 e. The van der Waals surface area contributed by atoms with Crippen LogP contribution in [-0.4, -0.2) is 33.3 Å². The van der Waals surface area contributed by atoms with Crippen LogP contribution in [0.2, 0.25) is 0 Å². The summed E-state index contributed by atoms with van der Waals surface area (Å²) in [5.74, 6) is 0.212. The molecular formula is C17H19N3O2. The van der Waals surface area contributed by atoms with E-state index in [9.17, 15) is 4.79 Å². The summed E-state index contributed by atoms with van der Waals surface area (Å²) in [4.78, 5) is 14.1. The first kappa shape index (κ1) is 15.6. The van der Waals surface area contributed by atoms with Crippen molar-refractivity contribution in [2.24, 2.45) is 5.10 Å². The highest BCUT2D eigenvalue weighted by atomic mass is 16.5. The highest BCUT2D eigenvalue weighted by Gasteiger charge is 2.09. The average Bonchev–Trinajstić information content (AvgIpc) is 2.55. The Morgan fingerprint density at radius 2 is 1.82 bits per heavy atom. The zero-order valence-corrected chi connectivity index (χ0v) is 12.9. The highest BCUT2D eigenvalue weighted by molar-refractivity contribution is 5.97. The predicted molar refractivity (Wildman–Crippen MR) is 88.8 cm³/mol. The Morgan fingerprint density at radius 1 is 1.14 bits per heavy atom. The lowest BCUT2D eigenvalue weighted by Gasteiger charge is -2.11. The first-order chi connectivity index (χ1) is 10.6. The number of nitrogens with zero attached hydrogens (tertiary/aromatic N) is 2. The van der Waals surface area contributed by atoms with Crippen molar-refractivity contribution in [2.75, 3.05) is 26.1 Å². The molecule has 0 radical (unpaired) electrons. The fourth-order valence-electron chi connectivity index (χ4n) is 1.92. The van der Waals surface area contributed by atoms with Crippen molar-refractivity contribution in [3.63, 3.8) is 0 Å². The number of nitrogens with one attached hydrogen (secondary N) is 1. The Morgan fingerprint density at radius 3 is 2.45 bits per heavy atom. The number of hydrogen-bond acceptors (Lipinski definition) is 4. The molecule has 2 rings (SSSR count). The van der Waals surface area contributed by atoms with E-state index in [0.29, 0.717) is 11.3 Å².